The molecule has 0 aliphatic carbocycles. The fraction of sp³-hybridized carbons (Fsp3) is 0.615. The maximum absolute atomic E-state index is 5.58. The van der Waals surface area contributed by atoms with E-state index in [1.807, 2.05) is 6.20 Å². The SMILES string of the molecule is CN(Cc1ccnc(CN)c1)CC(C)(C)C. The number of nitrogens with two attached hydrogens (primary N) is 1. The Hall–Kier alpha value is -0.930. The van der Waals surface area contributed by atoms with Crippen LogP contribution in [0.15, 0.2) is 18.3 Å². The third-order valence-corrected chi connectivity index (χ3v) is 2.29. The molecule has 0 unspecified atom stereocenters. The van der Waals surface area contributed by atoms with E-state index < -0.39 is 0 Å². The Balaban J connectivity index is 2.59. The van der Waals surface area contributed by atoms with Gasteiger partial charge in [0.1, 0.15) is 0 Å². The Morgan fingerprint density at radius 1 is 1.38 bits per heavy atom. The van der Waals surface area contributed by atoms with Crippen LogP contribution in [0.4, 0.5) is 0 Å². The average molecular weight is 221 g/mol. The standard InChI is InChI=1S/C13H23N3/c1-13(2,3)10-16(4)9-11-5-6-15-12(7-11)8-14/h5-7H,8-10,14H2,1-4H3. The first-order valence-electron chi connectivity index (χ1n) is 5.73. The summed E-state index contributed by atoms with van der Waals surface area (Å²) in [6.07, 6.45) is 1.84. The van der Waals surface area contributed by atoms with Gasteiger partial charge >= 0.3 is 0 Å². The molecule has 1 heterocycles. The van der Waals surface area contributed by atoms with E-state index in [1.54, 1.807) is 0 Å². The molecular weight excluding hydrogens is 198 g/mol. The van der Waals surface area contributed by atoms with Crippen molar-refractivity contribution in [2.75, 3.05) is 13.6 Å². The van der Waals surface area contributed by atoms with Crippen molar-refractivity contribution in [2.24, 2.45) is 11.1 Å². The van der Waals surface area contributed by atoms with Gasteiger partial charge in [0.2, 0.25) is 0 Å². The highest BCUT2D eigenvalue weighted by atomic mass is 15.1. The Morgan fingerprint density at radius 3 is 2.62 bits per heavy atom. The van der Waals surface area contributed by atoms with Crippen molar-refractivity contribution in [1.29, 1.82) is 0 Å². The van der Waals surface area contributed by atoms with Gasteiger partial charge in [-0.2, -0.15) is 0 Å². The van der Waals surface area contributed by atoms with Crippen molar-refractivity contribution in [2.45, 2.75) is 33.9 Å². The molecule has 1 aromatic heterocycles. The van der Waals surface area contributed by atoms with Crippen LogP contribution in [0, 0.1) is 5.41 Å². The number of pyridine rings is 1. The van der Waals surface area contributed by atoms with E-state index in [9.17, 15) is 0 Å². The smallest absolute Gasteiger partial charge is 0.0542 e. The zero-order valence-electron chi connectivity index (χ0n) is 10.8. The lowest BCUT2D eigenvalue weighted by Gasteiger charge is -2.26. The molecule has 0 aliphatic rings. The zero-order chi connectivity index (χ0) is 12.2. The van der Waals surface area contributed by atoms with Gasteiger partial charge in [-0.25, -0.2) is 0 Å². The van der Waals surface area contributed by atoms with Crippen LogP contribution in [0.2, 0.25) is 0 Å². The molecule has 3 heteroatoms. The first-order chi connectivity index (χ1) is 7.40. The van der Waals surface area contributed by atoms with Gasteiger partial charge < -0.3 is 10.6 Å². The maximum Gasteiger partial charge on any atom is 0.0542 e. The molecule has 0 radical (unpaired) electrons. The lowest BCUT2D eigenvalue weighted by molar-refractivity contribution is 0.220. The summed E-state index contributed by atoms with van der Waals surface area (Å²) >= 11 is 0. The van der Waals surface area contributed by atoms with Crippen LogP contribution in [0.5, 0.6) is 0 Å². The summed E-state index contributed by atoms with van der Waals surface area (Å²) in [5.41, 5.74) is 8.15. The normalized spacial score (nSPS) is 12.1. The molecule has 90 valence electrons. The van der Waals surface area contributed by atoms with Crippen LogP contribution in [0.3, 0.4) is 0 Å². The van der Waals surface area contributed by atoms with Gasteiger partial charge in [0, 0.05) is 25.8 Å². The summed E-state index contributed by atoms with van der Waals surface area (Å²) in [5, 5.41) is 0. The number of aromatic nitrogens is 1. The first-order valence-corrected chi connectivity index (χ1v) is 5.73. The summed E-state index contributed by atoms with van der Waals surface area (Å²) in [7, 11) is 2.15. The minimum Gasteiger partial charge on any atom is -0.325 e. The molecule has 1 aromatic rings. The van der Waals surface area contributed by atoms with E-state index in [0.29, 0.717) is 12.0 Å². The van der Waals surface area contributed by atoms with Gasteiger partial charge in [-0.3, -0.25) is 4.98 Å². The highest BCUT2D eigenvalue weighted by Gasteiger charge is 2.13. The van der Waals surface area contributed by atoms with Crippen LogP contribution < -0.4 is 5.73 Å². The highest BCUT2D eigenvalue weighted by Crippen LogP contribution is 2.15. The number of rotatable bonds is 4. The fourth-order valence-corrected chi connectivity index (χ4v) is 1.92. The maximum atomic E-state index is 5.58. The van der Waals surface area contributed by atoms with Gasteiger partial charge in [0.15, 0.2) is 0 Å². The molecule has 2 N–H and O–H groups in total. The molecule has 0 atom stereocenters. The van der Waals surface area contributed by atoms with E-state index in [0.717, 1.165) is 18.8 Å². The summed E-state index contributed by atoms with van der Waals surface area (Å²) in [6, 6.07) is 4.14. The van der Waals surface area contributed by atoms with E-state index in [2.05, 4.69) is 49.8 Å². The van der Waals surface area contributed by atoms with E-state index in [4.69, 9.17) is 5.73 Å². The Labute approximate surface area is 98.7 Å². The zero-order valence-corrected chi connectivity index (χ0v) is 10.8. The monoisotopic (exact) mass is 221 g/mol. The van der Waals surface area contributed by atoms with Crippen molar-refractivity contribution in [3.05, 3.63) is 29.6 Å². The van der Waals surface area contributed by atoms with Crippen LogP contribution >= 0.6 is 0 Å². The summed E-state index contributed by atoms with van der Waals surface area (Å²) in [4.78, 5) is 6.53. The third-order valence-electron chi connectivity index (χ3n) is 2.29. The molecule has 0 saturated heterocycles. The molecule has 1 rings (SSSR count). The second kappa shape index (κ2) is 5.41. The lowest BCUT2D eigenvalue weighted by Crippen LogP contribution is -2.28. The summed E-state index contributed by atoms with van der Waals surface area (Å²) in [5.74, 6) is 0. The van der Waals surface area contributed by atoms with Gasteiger partial charge in [-0.1, -0.05) is 20.8 Å². The van der Waals surface area contributed by atoms with Gasteiger partial charge in [0.25, 0.3) is 0 Å². The Bertz CT molecular complexity index is 328. The van der Waals surface area contributed by atoms with Crippen molar-refractivity contribution in [3.63, 3.8) is 0 Å². The topological polar surface area (TPSA) is 42.2 Å². The molecule has 0 amide bonds. The molecule has 0 fully saturated rings. The van der Waals surface area contributed by atoms with Gasteiger partial charge in [0.05, 0.1) is 5.69 Å². The van der Waals surface area contributed by atoms with E-state index in [-0.39, 0.29) is 0 Å². The third kappa shape index (κ3) is 4.73. The number of hydrogen-bond donors (Lipinski definition) is 1. The molecule has 16 heavy (non-hydrogen) atoms. The van der Waals surface area contributed by atoms with Gasteiger partial charge in [-0.15, -0.1) is 0 Å². The van der Waals surface area contributed by atoms with Crippen molar-refractivity contribution in [1.82, 2.24) is 9.88 Å². The number of hydrogen-bond acceptors (Lipinski definition) is 3. The number of nitrogens with zero attached hydrogens (tertiary/aromatic N) is 2. The first kappa shape index (κ1) is 13.1. The molecule has 0 saturated carbocycles. The molecule has 0 spiro atoms. The van der Waals surface area contributed by atoms with Crippen molar-refractivity contribution >= 4 is 0 Å². The fourth-order valence-electron chi connectivity index (χ4n) is 1.92. The average Bonchev–Trinajstić information content (AvgIpc) is 2.15. The predicted octanol–water partition coefficient (Wildman–Crippen LogP) is 2.02. The Kier molecular flexibility index (Phi) is 4.44. The minimum atomic E-state index is 0.332. The van der Waals surface area contributed by atoms with Crippen LogP contribution in [0.25, 0.3) is 0 Å². The second-order valence-electron chi connectivity index (χ2n) is 5.59. The second-order valence-corrected chi connectivity index (χ2v) is 5.59. The largest absolute Gasteiger partial charge is 0.325 e. The Morgan fingerprint density at radius 2 is 2.06 bits per heavy atom. The van der Waals surface area contributed by atoms with Crippen molar-refractivity contribution in [3.8, 4) is 0 Å². The van der Waals surface area contributed by atoms with Crippen molar-refractivity contribution < 1.29 is 0 Å². The lowest BCUT2D eigenvalue weighted by atomic mass is 9.96. The summed E-state index contributed by atoms with van der Waals surface area (Å²) < 4.78 is 0. The molecule has 3 nitrogen and oxygen atoms in total. The van der Waals surface area contributed by atoms with Gasteiger partial charge in [-0.05, 0) is 30.2 Å². The van der Waals surface area contributed by atoms with Crippen LogP contribution in [-0.4, -0.2) is 23.5 Å². The van der Waals surface area contributed by atoms with E-state index in [1.165, 1.54) is 5.56 Å². The molecule has 0 aromatic carbocycles. The van der Waals surface area contributed by atoms with Crippen LogP contribution in [0.1, 0.15) is 32.0 Å². The molecule has 0 bridgehead atoms. The predicted molar refractivity (Wildman–Crippen MR) is 67.9 cm³/mol. The molecule has 0 aliphatic heterocycles. The minimum absolute atomic E-state index is 0.332. The van der Waals surface area contributed by atoms with E-state index >= 15 is 0 Å². The highest BCUT2D eigenvalue weighted by molar-refractivity contribution is 5.16. The quantitative estimate of drug-likeness (QED) is 0.845. The molecular formula is C13H23N3. The van der Waals surface area contributed by atoms with Crippen LogP contribution in [-0.2, 0) is 13.1 Å². The summed E-state index contributed by atoms with van der Waals surface area (Å²) in [6.45, 7) is 9.29.